The number of carbonyl (C=O) groups is 2. The summed E-state index contributed by atoms with van der Waals surface area (Å²) in [4.78, 5) is 35.4. The zero-order chi connectivity index (χ0) is 15.5. The molecule has 0 spiro atoms. The van der Waals surface area contributed by atoms with Crippen LogP contribution in [-0.4, -0.2) is 70.2 Å². The van der Waals surface area contributed by atoms with Crippen LogP contribution >= 0.6 is 0 Å². The lowest BCUT2D eigenvalue weighted by Gasteiger charge is -2.36. The van der Waals surface area contributed by atoms with Crippen LogP contribution < -0.4 is 4.90 Å². The van der Waals surface area contributed by atoms with Crippen molar-refractivity contribution in [3.05, 3.63) is 18.6 Å². The fourth-order valence-electron chi connectivity index (χ4n) is 2.81. The van der Waals surface area contributed by atoms with E-state index in [0.29, 0.717) is 39.0 Å². The average molecular weight is 306 g/mol. The van der Waals surface area contributed by atoms with Crippen LogP contribution in [0, 0.1) is 0 Å². The Morgan fingerprint density at radius 2 is 1.86 bits per heavy atom. The molecule has 0 unspecified atom stereocenters. The Morgan fingerprint density at radius 1 is 1.14 bits per heavy atom. The number of hydrogen-bond donors (Lipinski definition) is 1. The molecule has 2 atom stereocenters. The summed E-state index contributed by atoms with van der Waals surface area (Å²) in [6.07, 6.45) is 4.37. The van der Waals surface area contributed by atoms with E-state index < -0.39 is 18.2 Å². The number of amides is 1. The van der Waals surface area contributed by atoms with Gasteiger partial charge in [-0.1, -0.05) is 0 Å². The maximum Gasteiger partial charge on any atom is 0.332 e. The molecule has 3 rings (SSSR count). The maximum atomic E-state index is 12.4. The number of carbonyl (C=O) groups excluding carboxylic acids is 1. The van der Waals surface area contributed by atoms with Crippen LogP contribution in [0.1, 0.15) is 12.8 Å². The maximum absolute atomic E-state index is 12.4. The second-order valence-electron chi connectivity index (χ2n) is 5.40. The van der Waals surface area contributed by atoms with Gasteiger partial charge in [0.2, 0.25) is 0 Å². The fourth-order valence-corrected chi connectivity index (χ4v) is 2.81. The molecule has 2 aliphatic rings. The van der Waals surface area contributed by atoms with Crippen LogP contribution in [0.4, 0.5) is 5.82 Å². The van der Waals surface area contributed by atoms with E-state index in [1.807, 2.05) is 0 Å². The van der Waals surface area contributed by atoms with E-state index in [1.54, 1.807) is 23.5 Å². The van der Waals surface area contributed by atoms with Crippen LogP contribution in [-0.2, 0) is 14.3 Å². The predicted octanol–water partition coefficient (Wildman–Crippen LogP) is -0.243. The van der Waals surface area contributed by atoms with Gasteiger partial charge >= 0.3 is 5.97 Å². The van der Waals surface area contributed by atoms with Crippen molar-refractivity contribution >= 4 is 17.7 Å². The summed E-state index contributed by atoms with van der Waals surface area (Å²) < 4.78 is 5.32. The molecule has 1 aromatic heterocycles. The number of nitrogens with zero attached hydrogens (tertiary/aromatic N) is 4. The summed E-state index contributed by atoms with van der Waals surface area (Å²) in [7, 11) is 0. The standard InChI is InChI=1S/C14H18N4O4/c19-13(10-1-2-11(22-10)14(20)21)18-7-5-17(6-8-18)12-9-15-3-4-16-12/h3-4,9-11H,1-2,5-8H2,(H,20,21)/t10-,11+/m0/s1. The summed E-state index contributed by atoms with van der Waals surface area (Å²) in [5, 5.41) is 8.91. The van der Waals surface area contributed by atoms with Gasteiger partial charge in [-0.15, -0.1) is 0 Å². The van der Waals surface area contributed by atoms with Crippen molar-refractivity contribution in [1.82, 2.24) is 14.9 Å². The highest BCUT2D eigenvalue weighted by atomic mass is 16.5. The molecule has 2 saturated heterocycles. The third kappa shape index (κ3) is 3.01. The van der Waals surface area contributed by atoms with Crippen molar-refractivity contribution in [2.75, 3.05) is 31.1 Å². The predicted molar refractivity (Wildman–Crippen MR) is 76.4 cm³/mol. The molecule has 22 heavy (non-hydrogen) atoms. The molecule has 1 N–H and O–H groups in total. The van der Waals surface area contributed by atoms with Gasteiger partial charge < -0.3 is 19.6 Å². The van der Waals surface area contributed by atoms with Gasteiger partial charge in [0.1, 0.15) is 11.9 Å². The molecule has 2 aliphatic heterocycles. The van der Waals surface area contributed by atoms with Crippen molar-refractivity contribution in [1.29, 1.82) is 0 Å². The van der Waals surface area contributed by atoms with Gasteiger partial charge in [-0.3, -0.25) is 9.78 Å². The van der Waals surface area contributed by atoms with Crippen molar-refractivity contribution in [2.24, 2.45) is 0 Å². The lowest BCUT2D eigenvalue weighted by Crippen LogP contribution is -2.51. The number of hydrogen-bond acceptors (Lipinski definition) is 6. The van der Waals surface area contributed by atoms with Gasteiger partial charge in [0, 0.05) is 38.6 Å². The molecule has 2 fully saturated rings. The van der Waals surface area contributed by atoms with Crippen molar-refractivity contribution in [3.63, 3.8) is 0 Å². The fraction of sp³-hybridized carbons (Fsp3) is 0.571. The molecule has 1 aromatic rings. The average Bonchev–Trinajstić information content (AvgIpc) is 3.05. The van der Waals surface area contributed by atoms with Gasteiger partial charge in [0.05, 0.1) is 6.20 Å². The number of anilines is 1. The molecular formula is C14H18N4O4. The van der Waals surface area contributed by atoms with Crippen LogP contribution in [0.25, 0.3) is 0 Å². The highest BCUT2D eigenvalue weighted by molar-refractivity contribution is 5.83. The minimum atomic E-state index is -0.997. The highest BCUT2D eigenvalue weighted by Crippen LogP contribution is 2.22. The Balaban J connectivity index is 1.53. The van der Waals surface area contributed by atoms with Crippen LogP contribution in [0.3, 0.4) is 0 Å². The van der Waals surface area contributed by atoms with Crippen LogP contribution in [0.15, 0.2) is 18.6 Å². The molecule has 8 nitrogen and oxygen atoms in total. The molecule has 0 saturated carbocycles. The first-order chi connectivity index (χ1) is 10.6. The zero-order valence-electron chi connectivity index (χ0n) is 12.1. The second-order valence-corrected chi connectivity index (χ2v) is 5.40. The third-order valence-electron chi connectivity index (χ3n) is 4.04. The van der Waals surface area contributed by atoms with Crippen LogP contribution in [0.5, 0.6) is 0 Å². The molecule has 8 heteroatoms. The van der Waals surface area contributed by atoms with E-state index in [2.05, 4.69) is 14.9 Å². The third-order valence-corrected chi connectivity index (χ3v) is 4.04. The van der Waals surface area contributed by atoms with E-state index in [1.165, 1.54) is 0 Å². The highest BCUT2D eigenvalue weighted by Gasteiger charge is 2.37. The smallest absolute Gasteiger partial charge is 0.332 e. The number of ether oxygens (including phenoxy) is 1. The minimum absolute atomic E-state index is 0.109. The van der Waals surface area contributed by atoms with Crippen molar-refractivity contribution < 1.29 is 19.4 Å². The molecule has 0 radical (unpaired) electrons. The summed E-state index contributed by atoms with van der Waals surface area (Å²) in [6, 6.07) is 0. The Bertz CT molecular complexity index is 545. The van der Waals surface area contributed by atoms with Gasteiger partial charge in [0.15, 0.2) is 6.10 Å². The van der Waals surface area contributed by atoms with Gasteiger partial charge in [0.25, 0.3) is 5.91 Å². The Morgan fingerprint density at radius 3 is 2.45 bits per heavy atom. The lowest BCUT2D eigenvalue weighted by molar-refractivity contribution is -0.154. The number of aromatic nitrogens is 2. The second kappa shape index (κ2) is 6.27. The first kappa shape index (κ1) is 14.7. The van der Waals surface area contributed by atoms with Gasteiger partial charge in [-0.2, -0.15) is 0 Å². The van der Waals surface area contributed by atoms with Crippen LogP contribution in [0.2, 0.25) is 0 Å². The van der Waals surface area contributed by atoms with E-state index in [0.717, 1.165) is 5.82 Å². The first-order valence-corrected chi connectivity index (χ1v) is 7.33. The first-order valence-electron chi connectivity index (χ1n) is 7.33. The SMILES string of the molecule is O=C(O)[C@H]1CC[C@@H](C(=O)N2CCN(c3cnccn3)CC2)O1. The Hall–Kier alpha value is -2.22. The number of piperazine rings is 1. The summed E-state index contributed by atoms with van der Waals surface area (Å²) >= 11 is 0. The molecular weight excluding hydrogens is 288 g/mol. The number of rotatable bonds is 3. The summed E-state index contributed by atoms with van der Waals surface area (Å²) in [5.41, 5.74) is 0. The molecule has 1 amide bonds. The van der Waals surface area contributed by atoms with E-state index >= 15 is 0 Å². The quantitative estimate of drug-likeness (QED) is 0.823. The topological polar surface area (TPSA) is 95.9 Å². The lowest BCUT2D eigenvalue weighted by atomic mass is 10.1. The largest absolute Gasteiger partial charge is 0.479 e. The van der Waals surface area contributed by atoms with E-state index in [4.69, 9.17) is 9.84 Å². The molecule has 0 aliphatic carbocycles. The number of aliphatic carboxylic acids is 1. The molecule has 0 aromatic carbocycles. The monoisotopic (exact) mass is 306 g/mol. The Kier molecular flexibility index (Phi) is 4.19. The minimum Gasteiger partial charge on any atom is -0.479 e. The van der Waals surface area contributed by atoms with Gasteiger partial charge in [-0.25, -0.2) is 9.78 Å². The summed E-state index contributed by atoms with van der Waals surface area (Å²) in [6.45, 7) is 2.51. The number of carboxylic acid groups (broad SMARTS) is 1. The molecule has 118 valence electrons. The van der Waals surface area contributed by atoms with E-state index in [-0.39, 0.29) is 5.91 Å². The molecule has 3 heterocycles. The molecule has 0 bridgehead atoms. The van der Waals surface area contributed by atoms with Crippen molar-refractivity contribution in [3.8, 4) is 0 Å². The van der Waals surface area contributed by atoms with Crippen molar-refractivity contribution in [2.45, 2.75) is 25.0 Å². The normalized spacial score (nSPS) is 25.3. The number of carboxylic acids is 1. The van der Waals surface area contributed by atoms with Gasteiger partial charge in [-0.05, 0) is 12.8 Å². The van der Waals surface area contributed by atoms with E-state index in [9.17, 15) is 9.59 Å². The Labute approximate surface area is 127 Å². The zero-order valence-corrected chi connectivity index (χ0v) is 12.1. The summed E-state index contributed by atoms with van der Waals surface area (Å²) in [5.74, 6) is -0.303.